The highest BCUT2D eigenvalue weighted by Gasteiger charge is 2.19. The first-order chi connectivity index (χ1) is 8.69. The van der Waals surface area contributed by atoms with Gasteiger partial charge in [0.1, 0.15) is 0 Å². The summed E-state index contributed by atoms with van der Waals surface area (Å²) in [4.78, 5) is 0. The van der Waals surface area contributed by atoms with Gasteiger partial charge in [-0.3, -0.25) is 0 Å². The Kier molecular flexibility index (Phi) is 2.26. The molecule has 2 aromatic heterocycles. The summed E-state index contributed by atoms with van der Waals surface area (Å²) >= 11 is 0. The molecule has 1 aromatic carbocycles. The van der Waals surface area contributed by atoms with Gasteiger partial charge in [0.25, 0.3) is 0 Å². The van der Waals surface area contributed by atoms with Crippen LogP contribution in [0.4, 0.5) is 0 Å². The Hall–Kier alpha value is -2.10. The molecule has 0 saturated carbocycles. The molecule has 94 valence electrons. The lowest BCUT2D eigenvalue weighted by Crippen LogP contribution is -1.97. The molecule has 18 heavy (non-hydrogen) atoms. The number of hydrogen-bond acceptors (Lipinski definition) is 2. The van der Waals surface area contributed by atoms with E-state index < -0.39 is 0 Å². The second-order valence-electron chi connectivity index (χ2n) is 4.44. The van der Waals surface area contributed by atoms with E-state index in [0.29, 0.717) is 0 Å². The lowest BCUT2D eigenvalue weighted by Gasteiger charge is -2.13. The lowest BCUT2D eigenvalue weighted by molar-refractivity contribution is 0.360. The van der Waals surface area contributed by atoms with Crippen LogP contribution in [0.15, 0.2) is 24.5 Å². The quantitative estimate of drug-likeness (QED) is 0.693. The van der Waals surface area contributed by atoms with E-state index in [0.717, 1.165) is 22.5 Å². The molecule has 0 saturated heterocycles. The van der Waals surface area contributed by atoms with Crippen LogP contribution in [0.5, 0.6) is 11.5 Å². The molecule has 0 atom stereocenters. The summed E-state index contributed by atoms with van der Waals surface area (Å²) in [6.07, 6.45) is 4.08. The Morgan fingerprint density at radius 3 is 1.50 bits per heavy atom. The third-order valence-electron chi connectivity index (χ3n) is 3.48. The highest BCUT2D eigenvalue weighted by atomic mass is 16.5. The van der Waals surface area contributed by atoms with Crippen LogP contribution in [-0.2, 0) is 14.1 Å². The van der Waals surface area contributed by atoms with Crippen LogP contribution in [0.1, 0.15) is 0 Å². The Morgan fingerprint density at radius 1 is 0.778 bits per heavy atom. The summed E-state index contributed by atoms with van der Waals surface area (Å²) < 4.78 is 15.2. The predicted molar refractivity (Wildman–Crippen MR) is 72.5 cm³/mol. The van der Waals surface area contributed by atoms with Gasteiger partial charge in [0.05, 0.1) is 25.3 Å². The van der Waals surface area contributed by atoms with Crippen LogP contribution < -0.4 is 9.47 Å². The van der Waals surface area contributed by atoms with E-state index in [2.05, 4.69) is 21.3 Å². The smallest absolute Gasteiger partial charge is 0.187 e. The van der Waals surface area contributed by atoms with Crippen LogP contribution in [0.25, 0.3) is 21.8 Å². The first kappa shape index (κ1) is 11.0. The van der Waals surface area contributed by atoms with Gasteiger partial charge in [0.15, 0.2) is 11.5 Å². The summed E-state index contributed by atoms with van der Waals surface area (Å²) in [6.45, 7) is 0. The summed E-state index contributed by atoms with van der Waals surface area (Å²) in [7, 11) is 7.39. The van der Waals surface area contributed by atoms with Crippen molar-refractivity contribution >= 4 is 21.8 Å². The topological polar surface area (TPSA) is 28.3 Å². The fourth-order valence-electron chi connectivity index (χ4n) is 2.65. The first-order valence-corrected chi connectivity index (χ1v) is 5.83. The molecule has 4 nitrogen and oxygen atoms in total. The zero-order valence-electron chi connectivity index (χ0n) is 11.0. The van der Waals surface area contributed by atoms with Gasteiger partial charge < -0.3 is 18.6 Å². The van der Waals surface area contributed by atoms with E-state index >= 15 is 0 Å². The SMILES string of the molecule is COc1c(OC)c2c(ccn2C)c2ccn(C)c12. The van der Waals surface area contributed by atoms with E-state index in [1.165, 1.54) is 10.8 Å². The lowest BCUT2D eigenvalue weighted by atomic mass is 10.1. The number of rotatable bonds is 2. The number of fused-ring (bicyclic) bond motifs is 3. The van der Waals surface area contributed by atoms with Gasteiger partial charge in [-0.05, 0) is 12.1 Å². The van der Waals surface area contributed by atoms with Crippen LogP contribution in [0.2, 0.25) is 0 Å². The maximum Gasteiger partial charge on any atom is 0.187 e. The van der Waals surface area contributed by atoms with E-state index in [9.17, 15) is 0 Å². The molecule has 0 N–H and O–H groups in total. The fourth-order valence-corrected chi connectivity index (χ4v) is 2.65. The Balaban J connectivity index is 2.64. The molecule has 3 aromatic rings. The third kappa shape index (κ3) is 1.20. The molecule has 3 rings (SSSR count). The molecule has 0 radical (unpaired) electrons. The molecule has 0 aliphatic heterocycles. The molecule has 0 amide bonds. The average Bonchev–Trinajstić information content (AvgIpc) is 2.93. The Bertz CT molecular complexity index is 674. The highest BCUT2D eigenvalue weighted by molar-refractivity contribution is 6.12. The maximum absolute atomic E-state index is 5.56. The van der Waals surface area contributed by atoms with Crippen molar-refractivity contribution in [2.45, 2.75) is 0 Å². The van der Waals surface area contributed by atoms with Crippen molar-refractivity contribution in [2.75, 3.05) is 14.2 Å². The van der Waals surface area contributed by atoms with Crippen molar-refractivity contribution < 1.29 is 9.47 Å². The van der Waals surface area contributed by atoms with E-state index in [-0.39, 0.29) is 0 Å². The van der Waals surface area contributed by atoms with Gasteiger partial charge in [-0.25, -0.2) is 0 Å². The number of aryl methyl sites for hydroxylation is 2. The van der Waals surface area contributed by atoms with Crippen molar-refractivity contribution in [3.05, 3.63) is 24.5 Å². The van der Waals surface area contributed by atoms with Gasteiger partial charge >= 0.3 is 0 Å². The molecule has 4 heteroatoms. The Morgan fingerprint density at radius 2 is 1.17 bits per heavy atom. The largest absolute Gasteiger partial charge is 0.491 e. The van der Waals surface area contributed by atoms with E-state index in [1.807, 2.05) is 26.5 Å². The molecular weight excluding hydrogens is 228 g/mol. The van der Waals surface area contributed by atoms with Gasteiger partial charge in [-0.15, -0.1) is 0 Å². The minimum Gasteiger partial charge on any atom is -0.491 e. The molecule has 2 heterocycles. The molecule has 0 aliphatic rings. The zero-order valence-corrected chi connectivity index (χ0v) is 11.0. The van der Waals surface area contributed by atoms with Gasteiger partial charge in [-0.1, -0.05) is 0 Å². The number of methoxy groups -OCH3 is 2. The number of aromatic nitrogens is 2. The van der Waals surface area contributed by atoms with Crippen molar-refractivity contribution in [3.63, 3.8) is 0 Å². The van der Waals surface area contributed by atoms with Crippen LogP contribution >= 0.6 is 0 Å². The number of nitrogens with zero attached hydrogens (tertiary/aromatic N) is 2. The third-order valence-corrected chi connectivity index (χ3v) is 3.48. The highest BCUT2D eigenvalue weighted by Crippen LogP contribution is 2.43. The summed E-state index contributed by atoms with van der Waals surface area (Å²) in [5, 5.41) is 2.37. The van der Waals surface area contributed by atoms with Crippen LogP contribution in [0.3, 0.4) is 0 Å². The van der Waals surface area contributed by atoms with E-state index in [1.54, 1.807) is 14.2 Å². The minimum absolute atomic E-state index is 0.786. The predicted octanol–water partition coefficient (Wildman–Crippen LogP) is 2.69. The standard InChI is InChI=1S/C14H16N2O2/c1-15-7-5-9-10-6-8-16(2)12(10)14(18-4)13(17-3)11(9)15/h5-8H,1-4H3. The molecule has 0 unspecified atom stereocenters. The fraction of sp³-hybridized carbons (Fsp3) is 0.286. The van der Waals surface area contributed by atoms with E-state index in [4.69, 9.17) is 9.47 Å². The Labute approximate surface area is 105 Å². The summed E-state index contributed by atoms with van der Waals surface area (Å²) in [6, 6.07) is 4.22. The van der Waals surface area contributed by atoms with Crippen molar-refractivity contribution in [2.24, 2.45) is 14.1 Å². The molecule has 0 fully saturated rings. The second kappa shape index (κ2) is 3.70. The van der Waals surface area contributed by atoms with Crippen LogP contribution in [0, 0.1) is 0 Å². The second-order valence-corrected chi connectivity index (χ2v) is 4.44. The minimum atomic E-state index is 0.786. The van der Waals surface area contributed by atoms with Gasteiger partial charge in [0.2, 0.25) is 0 Å². The average molecular weight is 244 g/mol. The monoisotopic (exact) mass is 244 g/mol. The number of hydrogen-bond donors (Lipinski definition) is 0. The molecule has 0 aliphatic carbocycles. The summed E-state index contributed by atoms with van der Waals surface area (Å²) in [5.74, 6) is 1.57. The number of benzene rings is 1. The van der Waals surface area contributed by atoms with Crippen LogP contribution in [-0.4, -0.2) is 23.4 Å². The van der Waals surface area contributed by atoms with Gasteiger partial charge in [0, 0.05) is 37.3 Å². The maximum atomic E-state index is 5.56. The van der Waals surface area contributed by atoms with Crippen molar-refractivity contribution in [1.82, 2.24) is 9.13 Å². The van der Waals surface area contributed by atoms with Gasteiger partial charge in [-0.2, -0.15) is 0 Å². The number of ether oxygens (including phenoxy) is 2. The zero-order chi connectivity index (χ0) is 12.9. The molecule has 0 spiro atoms. The van der Waals surface area contributed by atoms with Crippen molar-refractivity contribution in [1.29, 1.82) is 0 Å². The molecule has 0 bridgehead atoms. The van der Waals surface area contributed by atoms with Crippen molar-refractivity contribution in [3.8, 4) is 11.5 Å². The normalized spacial score (nSPS) is 11.3. The first-order valence-electron chi connectivity index (χ1n) is 5.83. The molecular formula is C14H16N2O2. The summed E-state index contributed by atoms with van der Waals surface area (Å²) in [5.41, 5.74) is 2.13.